The summed E-state index contributed by atoms with van der Waals surface area (Å²) in [6, 6.07) is 0.679. The summed E-state index contributed by atoms with van der Waals surface area (Å²) >= 11 is 0. The summed E-state index contributed by atoms with van der Waals surface area (Å²) in [5, 5.41) is 3.61. The van der Waals surface area contributed by atoms with Gasteiger partial charge in [-0.3, -0.25) is 5.32 Å². The van der Waals surface area contributed by atoms with Gasteiger partial charge in [0.2, 0.25) is 0 Å². The third kappa shape index (κ3) is 2.25. The Labute approximate surface area is 80.4 Å². The van der Waals surface area contributed by atoms with Crippen molar-refractivity contribution in [3.05, 3.63) is 12.3 Å². The molecule has 0 aromatic rings. The second-order valence-corrected chi connectivity index (χ2v) is 4.40. The highest BCUT2D eigenvalue weighted by Crippen LogP contribution is 2.24. The first-order chi connectivity index (χ1) is 6.29. The summed E-state index contributed by atoms with van der Waals surface area (Å²) in [7, 11) is 0. The van der Waals surface area contributed by atoms with Crippen LogP contribution in [-0.2, 0) is 4.74 Å². The molecule has 1 saturated carbocycles. The number of rotatable bonds is 2. The maximum atomic E-state index is 5.55. The van der Waals surface area contributed by atoms with Gasteiger partial charge in [0.25, 0.3) is 0 Å². The summed E-state index contributed by atoms with van der Waals surface area (Å²) in [5.74, 6) is 0. The van der Waals surface area contributed by atoms with Crippen LogP contribution < -0.4 is 5.32 Å². The largest absolute Gasteiger partial charge is 0.481 e. The average Bonchev–Trinajstić information content (AvgIpc) is 2.54. The molecule has 1 atom stereocenters. The molecule has 0 radical (unpaired) electrons. The van der Waals surface area contributed by atoms with Crippen LogP contribution >= 0.6 is 0 Å². The normalized spacial score (nSPS) is 34.8. The Morgan fingerprint density at radius 2 is 2.08 bits per heavy atom. The van der Waals surface area contributed by atoms with Crippen molar-refractivity contribution in [2.24, 2.45) is 0 Å². The van der Waals surface area contributed by atoms with Crippen LogP contribution in [0.1, 0.15) is 45.4 Å². The van der Waals surface area contributed by atoms with Gasteiger partial charge in [-0.1, -0.05) is 19.3 Å². The van der Waals surface area contributed by atoms with Gasteiger partial charge in [0.15, 0.2) is 5.72 Å². The van der Waals surface area contributed by atoms with Crippen LogP contribution in [0, 0.1) is 0 Å². The fraction of sp³-hybridized carbons (Fsp3) is 0.818. The van der Waals surface area contributed by atoms with Crippen LogP contribution in [0.15, 0.2) is 12.3 Å². The fourth-order valence-electron chi connectivity index (χ4n) is 2.29. The summed E-state index contributed by atoms with van der Waals surface area (Å²) < 4.78 is 5.55. The molecule has 1 unspecified atom stereocenters. The van der Waals surface area contributed by atoms with Gasteiger partial charge in [0, 0.05) is 12.5 Å². The molecule has 1 fully saturated rings. The molecule has 1 N–H and O–H groups in total. The van der Waals surface area contributed by atoms with Crippen molar-refractivity contribution in [2.45, 2.75) is 57.2 Å². The van der Waals surface area contributed by atoms with Crippen molar-refractivity contribution in [3.63, 3.8) is 0 Å². The lowest BCUT2D eigenvalue weighted by Crippen LogP contribution is -2.48. The minimum Gasteiger partial charge on any atom is -0.481 e. The molecule has 2 aliphatic rings. The first-order valence-electron chi connectivity index (χ1n) is 5.39. The van der Waals surface area contributed by atoms with Crippen molar-refractivity contribution in [1.29, 1.82) is 0 Å². The Morgan fingerprint density at radius 1 is 1.31 bits per heavy atom. The molecule has 0 saturated heterocycles. The Hall–Kier alpha value is -0.500. The molecule has 1 heterocycles. The van der Waals surface area contributed by atoms with E-state index in [4.69, 9.17) is 4.74 Å². The fourth-order valence-corrected chi connectivity index (χ4v) is 2.29. The van der Waals surface area contributed by atoms with Crippen molar-refractivity contribution in [3.8, 4) is 0 Å². The molecule has 2 nitrogen and oxygen atoms in total. The summed E-state index contributed by atoms with van der Waals surface area (Å²) in [6.45, 7) is 2.14. The molecule has 0 spiro atoms. The van der Waals surface area contributed by atoms with Gasteiger partial charge in [-0.05, 0) is 25.8 Å². The third-order valence-electron chi connectivity index (χ3n) is 3.05. The predicted octanol–water partition coefficient (Wildman–Crippen LogP) is 2.56. The Bertz CT molecular complexity index is 186. The van der Waals surface area contributed by atoms with Crippen LogP contribution in [0.5, 0.6) is 0 Å². The number of hydrogen-bond donors (Lipinski definition) is 1. The quantitative estimate of drug-likeness (QED) is 0.707. The van der Waals surface area contributed by atoms with Gasteiger partial charge >= 0.3 is 0 Å². The SMILES string of the molecule is CC1(NC2CCCCC2)CC=CO1. The Balaban J connectivity index is 1.82. The number of hydrogen-bond acceptors (Lipinski definition) is 2. The summed E-state index contributed by atoms with van der Waals surface area (Å²) in [5.41, 5.74) is -0.109. The van der Waals surface area contributed by atoms with Crippen LogP contribution in [-0.4, -0.2) is 11.8 Å². The topological polar surface area (TPSA) is 21.3 Å². The molecule has 74 valence electrons. The average molecular weight is 181 g/mol. The summed E-state index contributed by atoms with van der Waals surface area (Å²) in [4.78, 5) is 0. The minimum atomic E-state index is -0.109. The first kappa shape index (κ1) is 9.07. The third-order valence-corrected chi connectivity index (χ3v) is 3.05. The van der Waals surface area contributed by atoms with Crippen LogP contribution in [0.25, 0.3) is 0 Å². The van der Waals surface area contributed by atoms with E-state index in [9.17, 15) is 0 Å². The van der Waals surface area contributed by atoms with E-state index in [1.165, 1.54) is 32.1 Å². The van der Waals surface area contributed by atoms with E-state index in [0.717, 1.165) is 6.42 Å². The van der Waals surface area contributed by atoms with Crippen LogP contribution in [0.2, 0.25) is 0 Å². The lowest BCUT2D eigenvalue weighted by Gasteiger charge is -2.33. The van der Waals surface area contributed by atoms with E-state index in [1.54, 1.807) is 0 Å². The monoisotopic (exact) mass is 181 g/mol. The first-order valence-corrected chi connectivity index (χ1v) is 5.39. The number of ether oxygens (including phenoxy) is 1. The molecule has 1 aliphatic heterocycles. The highest BCUT2D eigenvalue weighted by molar-refractivity contribution is 4.95. The molecule has 13 heavy (non-hydrogen) atoms. The molecule has 2 heteroatoms. The molecule has 0 aromatic carbocycles. The smallest absolute Gasteiger partial charge is 0.161 e. The minimum absolute atomic E-state index is 0.109. The zero-order valence-corrected chi connectivity index (χ0v) is 8.38. The lowest BCUT2D eigenvalue weighted by atomic mass is 9.94. The second kappa shape index (κ2) is 3.70. The highest BCUT2D eigenvalue weighted by Gasteiger charge is 2.30. The highest BCUT2D eigenvalue weighted by atomic mass is 16.5. The van der Waals surface area contributed by atoms with E-state index in [2.05, 4.69) is 18.3 Å². The van der Waals surface area contributed by atoms with Gasteiger partial charge in [0.1, 0.15) is 0 Å². The van der Waals surface area contributed by atoms with E-state index in [1.807, 2.05) is 6.26 Å². The maximum absolute atomic E-state index is 5.55. The second-order valence-electron chi connectivity index (χ2n) is 4.40. The zero-order valence-electron chi connectivity index (χ0n) is 8.38. The lowest BCUT2D eigenvalue weighted by molar-refractivity contribution is 0.0128. The predicted molar refractivity (Wildman–Crippen MR) is 53.3 cm³/mol. The standard InChI is InChI=1S/C11H19NO/c1-11(8-5-9-13-11)12-10-6-3-2-4-7-10/h5,9-10,12H,2-4,6-8H2,1H3. The molecule has 0 amide bonds. The molecule has 0 aromatic heterocycles. The van der Waals surface area contributed by atoms with Crippen molar-refractivity contribution in [1.82, 2.24) is 5.32 Å². The van der Waals surface area contributed by atoms with Gasteiger partial charge in [-0.15, -0.1) is 0 Å². The number of nitrogens with one attached hydrogen (secondary N) is 1. The van der Waals surface area contributed by atoms with Crippen molar-refractivity contribution in [2.75, 3.05) is 0 Å². The van der Waals surface area contributed by atoms with Gasteiger partial charge in [-0.25, -0.2) is 0 Å². The molecule has 1 aliphatic carbocycles. The molecule has 2 rings (SSSR count). The van der Waals surface area contributed by atoms with Crippen molar-refractivity contribution >= 4 is 0 Å². The van der Waals surface area contributed by atoms with Gasteiger partial charge < -0.3 is 4.74 Å². The Kier molecular flexibility index (Phi) is 2.58. The van der Waals surface area contributed by atoms with Crippen LogP contribution in [0.4, 0.5) is 0 Å². The molecular weight excluding hydrogens is 162 g/mol. The van der Waals surface area contributed by atoms with Gasteiger partial charge in [-0.2, -0.15) is 0 Å². The molecule has 0 bridgehead atoms. The van der Waals surface area contributed by atoms with E-state index in [0.29, 0.717) is 6.04 Å². The Morgan fingerprint density at radius 3 is 2.69 bits per heavy atom. The maximum Gasteiger partial charge on any atom is 0.161 e. The zero-order chi connectivity index (χ0) is 9.15. The summed E-state index contributed by atoms with van der Waals surface area (Å²) in [6.07, 6.45) is 11.7. The van der Waals surface area contributed by atoms with Gasteiger partial charge in [0.05, 0.1) is 6.26 Å². The van der Waals surface area contributed by atoms with E-state index in [-0.39, 0.29) is 5.72 Å². The van der Waals surface area contributed by atoms with Crippen molar-refractivity contribution < 1.29 is 4.74 Å². The van der Waals surface area contributed by atoms with E-state index >= 15 is 0 Å². The van der Waals surface area contributed by atoms with E-state index < -0.39 is 0 Å². The molecular formula is C11H19NO. The van der Waals surface area contributed by atoms with Crippen LogP contribution in [0.3, 0.4) is 0 Å².